The maximum atomic E-state index is 5.76. The highest BCUT2D eigenvalue weighted by Crippen LogP contribution is 2.16. The highest BCUT2D eigenvalue weighted by molar-refractivity contribution is 5.34. The van der Waals surface area contributed by atoms with Gasteiger partial charge >= 0.3 is 0 Å². The number of ether oxygens (including phenoxy) is 2. The van der Waals surface area contributed by atoms with E-state index in [1.54, 1.807) is 0 Å². The van der Waals surface area contributed by atoms with E-state index in [1.165, 1.54) is 6.42 Å². The van der Waals surface area contributed by atoms with Crippen LogP contribution in [0, 0.1) is 0 Å². The standard InChI is InChI=1S/C16H21N3O2/c17-9-13-4-6-15(7-5-13)19-11-14(10-18-19)12-21-16-3-1-2-8-20-16/h4-7,10-11,16H,1-3,8-9,12,17H2. The van der Waals surface area contributed by atoms with Crippen LogP contribution in [0.1, 0.15) is 30.4 Å². The number of benzene rings is 1. The molecule has 0 saturated carbocycles. The monoisotopic (exact) mass is 287 g/mol. The molecule has 2 N–H and O–H groups in total. The normalized spacial score (nSPS) is 18.8. The first kappa shape index (κ1) is 14.3. The molecule has 0 amide bonds. The van der Waals surface area contributed by atoms with Gasteiger partial charge in [-0.1, -0.05) is 12.1 Å². The summed E-state index contributed by atoms with van der Waals surface area (Å²) < 4.78 is 13.2. The topological polar surface area (TPSA) is 62.3 Å². The largest absolute Gasteiger partial charge is 0.353 e. The van der Waals surface area contributed by atoms with Crippen molar-refractivity contribution in [3.63, 3.8) is 0 Å². The van der Waals surface area contributed by atoms with Crippen molar-refractivity contribution in [1.29, 1.82) is 0 Å². The summed E-state index contributed by atoms with van der Waals surface area (Å²) in [4.78, 5) is 0. The molecule has 0 aliphatic carbocycles. The number of hydrogen-bond donors (Lipinski definition) is 1. The van der Waals surface area contributed by atoms with Crippen LogP contribution in [-0.4, -0.2) is 22.7 Å². The maximum Gasteiger partial charge on any atom is 0.158 e. The van der Waals surface area contributed by atoms with E-state index in [0.717, 1.165) is 36.3 Å². The molecule has 5 heteroatoms. The van der Waals surface area contributed by atoms with Crippen LogP contribution in [0.15, 0.2) is 36.7 Å². The molecule has 1 fully saturated rings. The van der Waals surface area contributed by atoms with E-state index in [9.17, 15) is 0 Å². The summed E-state index contributed by atoms with van der Waals surface area (Å²) in [7, 11) is 0. The molecule has 1 aromatic carbocycles. The van der Waals surface area contributed by atoms with Crippen molar-refractivity contribution >= 4 is 0 Å². The van der Waals surface area contributed by atoms with Gasteiger partial charge in [0.05, 0.1) is 18.5 Å². The quantitative estimate of drug-likeness (QED) is 0.917. The molecular formula is C16H21N3O2. The molecule has 5 nitrogen and oxygen atoms in total. The third-order valence-corrected chi connectivity index (χ3v) is 3.65. The molecule has 1 saturated heterocycles. The molecule has 0 radical (unpaired) electrons. The molecule has 1 aromatic heterocycles. The molecule has 3 rings (SSSR count). The van der Waals surface area contributed by atoms with E-state index in [4.69, 9.17) is 15.2 Å². The zero-order chi connectivity index (χ0) is 14.5. The molecule has 1 aliphatic heterocycles. The zero-order valence-electron chi connectivity index (χ0n) is 12.1. The van der Waals surface area contributed by atoms with Gasteiger partial charge in [0.15, 0.2) is 6.29 Å². The lowest BCUT2D eigenvalue weighted by Gasteiger charge is -2.22. The Morgan fingerprint density at radius 1 is 1.24 bits per heavy atom. The van der Waals surface area contributed by atoms with Gasteiger partial charge in [0.2, 0.25) is 0 Å². The van der Waals surface area contributed by atoms with Crippen LogP contribution in [0.5, 0.6) is 0 Å². The fourth-order valence-electron chi connectivity index (χ4n) is 2.39. The highest BCUT2D eigenvalue weighted by atomic mass is 16.7. The molecule has 112 valence electrons. The molecule has 1 atom stereocenters. The van der Waals surface area contributed by atoms with Crippen molar-refractivity contribution in [2.75, 3.05) is 6.61 Å². The number of nitrogens with two attached hydrogens (primary N) is 1. The van der Waals surface area contributed by atoms with Crippen LogP contribution in [0.25, 0.3) is 5.69 Å². The van der Waals surface area contributed by atoms with Crippen LogP contribution in [0.2, 0.25) is 0 Å². The van der Waals surface area contributed by atoms with Gasteiger partial charge in [-0.25, -0.2) is 4.68 Å². The molecule has 1 unspecified atom stereocenters. The zero-order valence-corrected chi connectivity index (χ0v) is 12.1. The summed E-state index contributed by atoms with van der Waals surface area (Å²) in [5.41, 5.74) is 8.79. The van der Waals surface area contributed by atoms with Gasteiger partial charge in [-0.3, -0.25) is 0 Å². The van der Waals surface area contributed by atoms with Crippen LogP contribution >= 0.6 is 0 Å². The molecule has 2 heterocycles. The summed E-state index contributed by atoms with van der Waals surface area (Å²) in [6.45, 7) is 1.89. The van der Waals surface area contributed by atoms with Gasteiger partial charge in [-0.05, 0) is 37.0 Å². The summed E-state index contributed by atoms with van der Waals surface area (Å²) in [6.07, 6.45) is 7.05. The lowest BCUT2D eigenvalue weighted by Crippen LogP contribution is -2.21. The lowest BCUT2D eigenvalue weighted by molar-refractivity contribution is -0.168. The van der Waals surface area contributed by atoms with E-state index in [1.807, 2.05) is 41.3 Å². The Morgan fingerprint density at radius 3 is 2.81 bits per heavy atom. The highest BCUT2D eigenvalue weighted by Gasteiger charge is 2.14. The first-order valence-corrected chi connectivity index (χ1v) is 7.41. The summed E-state index contributed by atoms with van der Waals surface area (Å²) in [5.74, 6) is 0. The van der Waals surface area contributed by atoms with Gasteiger partial charge in [0, 0.05) is 24.9 Å². The Morgan fingerprint density at radius 2 is 2.10 bits per heavy atom. The smallest absolute Gasteiger partial charge is 0.158 e. The minimum absolute atomic E-state index is 0.0639. The van der Waals surface area contributed by atoms with Crippen molar-refractivity contribution < 1.29 is 9.47 Å². The van der Waals surface area contributed by atoms with E-state index >= 15 is 0 Å². The molecule has 21 heavy (non-hydrogen) atoms. The Bertz CT molecular complexity index is 559. The Labute approximate surface area is 124 Å². The lowest BCUT2D eigenvalue weighted by atomic mass is 10.2. The fraction of sp³-hybridized carbons (Fsp3) is 0.438. The summed E-state index contributed by atoms with van der Waals surface area (Å²) in [5, 5.41) is 4.37. The van der Waals surface area contributed by atoms with Crippen molar-refractivity contribution in [2.45, 2.75) is 38.7 Å². The summed E-state index contributed by atoms with van der Waals surface area (Å²) >= 11 is 0. The predicted molar refractivity (Wildman–Crippen MR) is 79.8 cm³/mol. The third kappa shape index (κ3) is 3.69. The van der Waals surface area contributed by atoms with Crippen molar-refractivity contribution in [3.8, 4) is 5.69 Å². The van der Waals surface area contributed by atoms with E-state index < -0.39 is 0 Å². The second-order valence-corrected chi connectivity index (χ2v) is 5.27. The van der Waals surface area contributed by atoms with Gasteiger partial charge in [0.1, 0.15) is 0 Å². The minimum Gasteiger partial charge on any atom is -0.353 e. The third-order valence-electron chi connectivity index (χ3n) is 3.65. The average molecular weight is 287 g/mol. The Hall–Kier alpha value is -1.69. The average Bonchev–Trinajstić information content (AvgIpc) is 3.03. The van der Waals surface area contributed by atoms with Crippen molar-refractivity contribution in [2.24, 2.45) is 5.73 Å². The van der Waals surface area contributed by atoms with Gasteiger partial charge < -0.3 is 15.2 Å². The van der Waals surface area contributed by atoms with E-state index in [2.05, 4.69) is 5.10 Å². The Balaban J connectivity index is 1.59. The number of aromatic nitrogens is 2. The maximum absolute atomic E-state index is 5.76. The molecular weight excluding hydrogens is 266 g/mol. The van der Waals surface area contributed by atoms with Crippen LogP contribution in [0.3, 0.4) is 0 Å². The molecule has 0 spiro atoms. The molecule has 0 bridgehead atoms. The SMILES string of the molecule is NCc1ccc(-n2cc(COC3CCCCO3)cn2)cc1. The van der Waals surface area contributed by atoms with Crippen molar-refractivity contribution in [3.05, 3.63) is 47.8 Å². The van der Waals surface area contributed by atoms with Crippen LogP contribution in [0.4, 0.5) is 0 Å². The van der Waals surface area contributed by atoms with Crippen molar-refractivity contribution in [1.82, 2.24) is 9.78 Å². The first-order valence-electron chi connectivity index (χ1n) is 7.41. The molecule has 1 aliphatic rings. The van der Waals surface area contributed by atoms with E-state index in [-0.39, 0.29) is 6.29 Å². The van der Waals surface area contributed by atoms with Gasteiger partial charge in [0.25, 0.3) is 0 Å². The fourth-order valence-corrected chi connectivity index (χ4v) is 2.39. The number of rotatable bonds is 5. The van der Waals surface area contributed by atoms with Gasteiger partial charge in [-0.15, -0.1) is 0 Å². The minimum atomic E-state index is -0.0639. The summed E-state index contributed by atoms with van der Waals surface area (Å²) in [6, 6.07) is 8.07. The number of nitrogens with zero attached hydrogens (tertiary/aromatic N) is 2. The molecule has 2 aromatic rings. The second-order valence-electron chi connectivity index (χ2n) is 5.27. The van der Waals surface area contributed by atoms with E-state index in [0.29, 0.717) is 13.2 Å². The predicted octanol–water partition coefficient (Wildman–Crippen LogP) is 2.37. The Kier molecular flexibility index (Phi) is 4.65. The van der Waals surface area contributed by atoms with Gasteiger partial charge in [-0.2, -0.15) is 5.10 Å². The second kappa shape index (κ2) is 6.85. The first-order chi connectivity index (χ1) is 10.3. The van der Waals surface area contributed by atoms with Crippen LogP contribution in [-0.2, 0) is 22.6 Å². The van der Waals surface area contributed by atoms with Crippen LogP contribution < -0.4 is 5.73 Å². The number of hydrogen-bond acceptors (Lipinski definition) is 4.